The fourth-order valence-corrected chi connectivity index (χ4v) is 9.29. The number of ether oxygens (including phenoxy) is 1. The Bertz CT molecular complexity index is 1850. The van der Waals surface area contributed by atoms with Gasteiger partial charge in [-0.25, -0.2) is 0 Å². The Kier molecular flexibility index (Phi) is 56.5. The monoisotopic (exact) mass is 1140 g/mol. The van der Waals surface area contributed by atoms with Crippen LogP contribution in [0, 0.1) is 0 Å². The lowest BCUT2D eigenvalue weighted by molar-refractivity contribution is -0.870. The molecular formula is C71H121N2O7P. The molecule has 81 heavy (non-hydrogen) atoms. The maximum atomic E-state index is 13.6. The topological polar surface area (TPSA) is 114 Å². The Morgan fingerprint density at radius 3 is 1.22 bits per heavy atom. The number of hydrogen-bond donors (Lipinski definition) is 1. The summed E-state index contributed by atoms with van der Waals surface area (Å²) >= 11 is 0. The number of carbonyl (C=O) groups is 2. The Labute approximate surface area is 498 Å². The van der Waals surface area contributed by atoms with E-state index in [1.165, 1.54) is 83.5 Å². The van der Waals surface area contributed by atoms with Gasteiger partial charge in [-0.1, -0.05) is 245 Å². The second kappa shape index (κ2) is 59.3. The summed E-state index contributed by atoms with van der Waals surface area (Å²) in [7, 11) is 1.13. The number of hydrogen-bond acceptors (Lipinski definition) is 7. The zero-order valence-corrected chi connectivity index (χ0v) is 53.6. The van der Waals surface area contributed by atoms with E-state index in [0.29, 0.717) is 23.9 Å². The van der Waals surface area contributed by atoms with Gasteiger partial charge in [0.25, 0.3) is 7.82 Å². The summed E-state index contributed by atoms with van der Waals surface area (Å²) in [6.07, 6.45) is 84.2. The van der Waals surface area contributed by atoms with Gasteiger partial charge < -0.3 is 28.5 Å². The van der Waals surface area contributed by atoms with Crippen LogP contribution < -0.4 is 10.2 Å². The lowest BCUT2D eigenvalue weighted by Crippen LogP contribution is -2.47. The van der Waals surface area contributed by atoms with Crippen molar-refractivity contribution in [2.75, 3.05) is 40.9 Å². The minimum Gasteiger partial charge on any atom is -0.756 e. The number of rotatable bonds is 57. The third-order valence-corrected chi connectivity index (χ3v) is 14.5. The van der Waals surface area contributed by atoms with Gasteiger partial charge >= 0.3 is 5.97 Å². The number of allylic oxidation sites excluding steroid dienone is 21. The molecule has 0 aromatic rings. The van der Waals surface area contributed by atoms with E-state index >= 15 is 0 Å². The van der Waals surface area contributed by atoms with Crippen molar-refractivity contribution in [1.29, 1.82) is 0 Å². The van der Waals surface area contributed by atoms with Crippen molar-refractivity contribution in [3.8, 4) is 0 Å². The van der Waals surface area contributed by atoms with E-state index in [-0.39, 0.29) is 25.4 Å². The maximum absolute atomic E-state index is 13.6. The van der Waals surface area contributed by atoms with Gasteiger partial charge in [0.05, 0.1) is 33.8 Å². The van der Waals surface area contributed by atoms with Gasteiger partial charge in [0.15, 0.2) is 0 Å². The maximum Gasteiger partial charge on any atom is 0.306 e. The first-order valence-corrected chi connectivity index (χ1v) is 34.0. The zero-order chi connectivity index (χ0) is 59.3. The SMILES string of the molecule is CC/C=C\C/C=C\C/C=C\C/C=C\C/C=C\C/C=C\CCCCC(=O)OC(/C=C/CCCCCCCCCCCCC)C(COP(=O)([O-])OCC[N+](C)(C)C)NC(=O)CCCCCCC/C=C\C/C=C\C/C=C\C/C=C\CCCCC. The first-order chi connectivity index (χ1) is 39.4. The molecule has 0 saturated carbocycles. The highest BCUT2D eigenvalue weighted by Gasteiger charge is 2.27. The van der Waals surface area contributed by atoms with Crippen LogP contribution in [-0.4, -0.2) is 69.4 Å². The lowest BCUT2D eigenvalue weighted by Gasteiger charge is -2.30. The molecule has 0 bridgehead atoms. The van der Waals surface area contributed by atoms with Crippen molar-refractivity contribution in [2.24, 2.45) is 0 Å². The summed E-state index contributed by atoms with van der Waals surface area (Å²) in [6, 6.07) is -0.927. The lowest BCUT2D eigenvalue weighted by atomic mass is 10.0. The van der Waals surface area contributed by atoms with Crippen LogP contribution in [0.1, 0.15) is 252 Å². The van der Waals surface area contributed by atoms with Gasteiger partial charge in [0.2, 0.25) is 5.91 Å². The molecule has 0 aromatic heterocycles. The van der Waals surface area contributed by atoms with Gasteiger partial charge in [0.1, 0.15) is 19.3 Å². The van der Waals surface area contributed by atoms with Crippen molar-refractivity contribution >= 4 is 19.7 Å². The molecule has 462 valence electrons. The van der Waals surface area contributed by atoms with Crippen molar-refractivity contribution in [2.45, 2.75) is 264 Å². The summed E-state index contributed by atoms with van der Waals surface area (Å²) in [5.41, 5.74) is 0. The summed E-state index contributed by atoms with van der Waals surface area (Å²) in [6.45, 7) is 6.65. The number of quaternary nitrogens is 1. The molecule has 9 nitrogen and oxygen atoms in total. The molecule has 0 saturated heterocycles. The number of unbranched alkanes of at least 4 members (excludes halogenated alkanes) is 21. The second-order valence-electron chi connectivity index (χ2n) is 22.5. The van der Waals surface area contributed by atoms with Crippen molar-refractivity contribution < 1.29 is 37.3 Å². The van der Waals surface area contributed by atoms with Gasteiger partial charge in [-0.05, 0) is 128 Å². The molecule has 0 rings (SSSR count). The number of carbonyl (C=O) groups excluding carboxylic acids is 2. The van der Waals surface area contributed by atoms with E-state index in [0.717, 1.165) is 122 Å². The largest absolute Gasteiger partial charge is 0.756 e. The van der Waals surface area contributed by atoms with Crippen LogP contribution in [0.2, 0.25) is 0 Å². The van der Waals surface area contributed by atoms with Crippen molar-refractivity contribution in [1.82, 2.24) is 5.32 Å². The van der Waals surface area contributed by atoms with E-state index in [4.69, 9.17) is 13.8 Å². The van der Waals surface area contributed by atoms with E-state index in [1.54, 1.807) is 0 Å². The Morgan fingerprint density at radius 2 is 0.790 bits per heavy atom. The Balaban J connectivity index is 5.38. The fourth-order valence-electron chi connectivity index (χ4n) is 8.57. The standard InChI is InChI=1S/C71H121N2O7P/c1-7-10-13-16-19-22-25-28-30-32-34-36-38-40-42-45-48-51-54-57-60-63-70(74)72-68(67-79-81(76,77)78-66-65-73(4,5)6)69(62-59-56-53-50-47-44-27-24-21-18-15-12-9-3)80-71(75)64-61-58-55-52-49-46-43-41-39-37-35-33-31-29-26-23-20-17-14-11-8-2/h11,14,19-20,22-23,28-31,34-37,40-43,49,52,59,62,68-69H,7-10,12-13,15-18,21,24-27,32-33,38-39,44-48,50-51,53-58,60-61,63-67H2,1-6H3,(H-,72,74,76,77)/b14-11-,22-19-,23-20-,30-28-,31-29-,36-34-,37-35-,42-40-,43-41-,52-49-,62-59+. The number of nitrogens with one attached hydrogen (secondary N) is 1. The van der Waals surface area contributed by atoms with Gasteiger partial charge in [-0.2, -0.15) is 0 Å². The summed E-state index contributed by atoms with van der Waals surface area (Å²) in [4.78, 5) is 40.1. The highest BCUT2D eigenvalue weighted by molar-refractivity contribution is 7.45. The molecular weight excluding hydrogens is 1020 g/mol. The zero-order valence-electron chi connectivity index (χ0n) is 52.7. The molecule has 0 aliphatic rings. The average Bonchev–Trinajstić information content (AvgIpc) is 3.44. The molecule has 0 aliphatic carbocycles. The van der Waals surface area contributed by atoms with E-state index in [2.05, 4.69) is 148 Å². The third-order valence-electron chi connectivity index (χ3n) is 13.6. The van der Waals surface area contributed by atoms with Gasteiger partial charge in [0, 0.05) is 12.8 Å². The molecule has 0 radical (unpaired) electrons. The van der Waals surface area contributed by atoms with Crippen LogP contribution in [0.3, 0.4) is 0 Å². The van der Waals surface area contributed by atoms with Crippen molar-refractivity contribution in [3.63, 3.8) is 0 Å². The number of amides is 1. The number of esters is 1. The van der Waals surface area contributed by atoms with Crippen LogP contribution in [-0.2, 0) is 27.9 Å². The predicted molar refractivity (Wildman–Crippen MR) is 348 cm³/mol. The molecule has 1 N–H and O–H groups in total. The second-order valence-corrected chi connectivity index (χ2v) is 23.9. The fraction of sp³-hybridized carbons (Fsp3) is 0.662. The highest BCUT2D eigenvalue weighted by atomic mass is 31.2. The van der Waals surface area contributed by atoms with Crippen LogP contribution in [0.5, 0.6) is 0 Å². The van der Waals surface area contributed by atoms with Crippen LogP contribution in [0.15, 0.2) is 134 Å². The smallest absolute Gasteiger partial charge is 0.306 e. The minimum absolute atomic E-state index is 0.0410. The number of phosphoric ester groups is 1. The number of nitrogens with zero attached hydrogens (tertiary/aromatic N) is 1. The van der Waals surface area contributed by atoms with Crippen molar-refractivity contribution in [3.05, 3.63) is 134 Å². The molecule has 3 unspecified atom stereocenters. The molecule has 3 atom stereocenters. The minimum atomic E-state index is -4.73. The Hall–Kier alpha value is -3.85. The van der Waals surface area contributed by atoms with Gasteiger partial charge in [-0.15, -0.1) is 0 Å². The predicted octanol–water partition coefficient (Wildman–Crippen LogP) is 19.8. The van der Waals surface area contributed by atoms with E-state index < -0.39 is 32.5 Å². The van der Waals surface area contributed by atoms with Crippen LogP contribution >= 0.6 is 7.82 Å². The third kappa shape index (κ3) is 60.6. The molecule has 10 heteroatoms. The highest BCUT2D eigenvalue weighted by Crippen LogP contribution is 2.38. The normalized spacial score (nSPS) is 14.5. The number of likely N-dealkylation sites (N-methyl/N-ethyl adjacent to an activating group) is 1. The first-order valence-electron chi connectivity index (χ1n) is 32.5. The van der Waals surface area contributed by atoms with E-state index in [1.807, 2.05) is 33.3 Å². The summed E-state index contributed by atoms with van der Waals surface area (Å²) in [5, 5.41) is 3.01. The molecule has 0 aromatic carbocycles. The molecule has 0 spiro atoms. The molecule has 1 amide bonds. The quantitative estimate of drug-likeness (QED) is 0.0212. The Morgan fingerprint density at radius 1 is 0.444 bits per heavy atom. The number of phosphoric acid groups is 1. The molecule has 0 aliphatic heterocycles. The average molecular weight is 1150 g/mol. The van der Waals surface area contributed by atoms with E-state index in [9.17, 15) is 19.0 Å². The summed E-state index contributed by atoms with van der Waals surface area (Å²) < 4.78 is 30.3. The van der Waals surface area contributed by atoms with Gasteiger partial charge in [-0.3, -0.25) is 14.2 Å². The summed E-state index contributed by atoms with van der Waals surface area (Å²) in [5.74, 6) is -0.621. The van der Waals surface area contributed by atoms with Crippen LogP contribution in [0.25, 0.3) is 0 Å². The molecule has 0 heterocycles. The first kappa shape index (κ1) is 77.2. The van der Waals surface area contributed by atoms with Crippen LogP contribution in [0.4, 0.5) is 0 Å². The molecule has 0 fully saturated rings.